The highest BCUT2D eigenvalue weighted by molar-refractivity contribution is 5.46. The first-order valence-corrected chi connectivity index (χ1v) is 7.45. The number of hydrogen-bond acceptors (Lipinski definition) is 2. The number of benzene rings is 2. The third-order valence-corrected chi connectivity index (χ3v) is 3.78. The Hall–Kier alpha value is -2.24. The Bertz CT molecular complexity index is 766. The molecule has 0 amide bonds. The predicted octanol–water partition coefficient (Wildman–Crippen LogP) is 5.14. The van der Waals surface area contributed by atoms with E-state index < -0.39 is 23.2 Å². The summed E-state index contributed by atoms with van der Waals surface area (Å²) in [7, 11) is 0. The number of ether oxygens (including phenoxy) is 2. The quantitative estimate of drug-likeness (QED) is 0.721. The first-order valence-electron chi connectivity index (χ1n) is 7.45. The summed E-state index contributed by atoms with van der Waals surface area (Å²) in [6.45, 7) is 3.53. The van der Waals surface area contributed by atoms with Gasteiger partial charge in [-0.05, 0) is 38.1 Å². The Labute approximate surface area is 137 Å². The van der Waals surface area contributed by atoms with Crippen molar-refractivity contribution >= 4 is 0 Å². The zero-order valence-corrected chi connectivity index (χ0v) is 13.2. The average Bonchev–Trinajstić information content (AvgIpc) is 2.78. The number of hydrogen-bond donors (Lipinski definition) is 0. The molecule has 0 spiro atoms. The number of fused-ring (bicyclic) bond motifs is 1. The summed E-state index contributed by atoms with van der Waals surface area (Å²) in [4.78, 5) is 0. The Kier molecular flexibility index (Phi) is 3.94. The van der Waals surface area contributed by atoms with E-state index in [0.29, 0.717) is 23.3 Å². The van der Waals surface area contributed by atoms with Gasteiger partial charge in [0.15, 0.2) is 0 Å². The highest BCUT2D eigenvalue weighted by atomic mass is 19.4. The molecule has 0 saturated heterocycles. The Morgan fingerprint density at radius 1 is 1.17 bits per heavy atom. The van der Waals surface area contributed by atoms with E-state index in [0.717, 1.165) is 6.07 Å². The van der Waals surface area contributed by atoms with Crippen LogP contribution in [0.5, 0.6) is 11.5 Å². The van der Waals surface area contributed by atoms with Gasteiger partial charge in [0, 0.05) is 17.5 Å². The Morgan fingerprint density at radius 3 is 2.58 bits per heavy atom. The standard InChI is InChI=1S/C18H16F4O2/c1-17(2)9-11-7-13(19)8-12(16(11)24-17)10-23-15-6-4-3-5-14(15)18(20,21)22/h3-8H,9-10H2,1-2H3. The lowest BCUT2D eigenvalue weighted by molar-refractivity contribution is -0.139. The SMILES string of the molecule is CC1(C)Cc2cc(F)cc(COc3ccccc3C(F)(F)F)c2O1. The molecule has 0 fully saturated rings. The lowest BCUT2D eigenvalue weighted by Gasteiger charge is -2.19. The van der Waals surface area contributed by atoms with Crippen molar-refractivity contribution in [1.82, 2.24) is 0 Å². The largest absolute Gasteiger partial charge is 0.488 e. The lowest BCUT2D eigenvalue weighted by Crippen LogP contribution is -2.25. The van der Waals surface area contributed by atoms with E-state index >= 15 is 0 Å². The zero-order chi connectivity index (χ0) is 17.5. The van der Waals surface area contributed by atoms with Crippen molar-refractivity contribution in [3.63, 3.8) is 0 Å². The Morgan fingerprint density at radius 2 is 1.88 bits per heavy atom. The smallest absolute Gasteiger partial charge is 0.419 e. The molecule has 0 unspecified atom stereocenters. The molecule has 0 radical (unpaired) electrons. The molecule has 1 aliphatic rings. The fraction of sp³-hybridized carbons (Fsp3) is 0.333. The molecule has 6 heteroatoms. The van der Waals surface area contributed by atoms with Gasteiger partial charge in [-0.25, -0.2) is 4.39 Å². The maximum atomic E-state index is 13.8. The highest BCUT2D eigenvalue weighted by Gasteiger charge is 2.35. The van der Waals surface area contributed by atoms with Gasteiger partial charge in [-0.3, -0.25) is 0 Å². The van der Waals surface area contributed by atoms with E-state index in [4.69, 9.17) is 9.47 Å². The monoisotopic (exact) mass is 340 g/mol. The molecular weight excluding hydrogens is 324 g/mol. The molecule has 128 valence electrons. The molecule has 0 bridgehead atoms. The van der Waals surface area contributed by atoms with Crippen LogP contribution in [0.2, 0.25) is 0 Å². The van der Waals surface area contributed by atoms with Gasteiger partial charge in [-0.2, -0.15) is 13.2 Å². The third-order valence-electron chi connectivity index (χ3n) is 3.78. The van der Waals surface area contributed by atoms with Gasteiger partial charge in [0.25, 0.3) is 0 Å². The summed E-state index contributed by atoms with van der Waals surface area (Å²) in [6.07, 6.45) is -3.98. The van der Waals surface area contributed by atoms with Crippen molar-refractivity contribution < 1.29 is 27.0 Å². The zero-order valence-electron chi connectivity index (χ0n) is 13.2. The van der Waals surface area contributed by atoms with E-state index in [1.54, 1.807) is 0 Å². The second-order valence-electron chi connectivity index (χ2n) is 6.37. The van der Waals surface area contributed by atoms with Gasteiger partial charge in [0.05, 0.1) is 5.56 Å². The maximum Gasteiger partial charge on any atom is 0.419 e. The fourth-order valence-corrected chi connectivity index (χ4v) is 2.83. The molecule has 2 aromatic rings. The second kappa shape index (κ2) is 5.69. The van der Waals surface area contributed by atoms with E-state index in [9.17, 15) is 17.6 Å². The van der Waals surface area contributed by atoms with Crippen LogP contribution in [-0.2, 0) is 19.2 Å². The molecule has 0 aromatic heterocycles. The van der Waals surface area contributed by atoms with Crippen molar-refractivity contribution in [3.8, 4) is 11.5 Å². The number of halogens is 4. The summed E-state index contributed by atoms with van der Waals surface area (Å²) in [5.74, 6) is -0.260. The molecule has 2 nitrogen and oxygen atoms in total. The summed E-state index contributed by atoms with van der Waals surface area (Å²) in [5.41, 5.74) is -0.246. The predicted molar refractivity (Wildman–Crippen MR) is 80.6 cm³/mol. The van der Waals surface area contributed by atoms with Gasteiger partial charge in [-0.15, -0.1) is 0 Å². The van der Waals surface area contributed by atoms with Crippen molar-refractivity contribution in [1.29, 1.82) is 0 Å². The summed E-state index contributed by atoms with van der Waals surface area (Å²) < 4.78 is 63.9. The topological polar surface area (TPSA) is 18.5 Å². The van der Waals surface area contributed by atoms with Crippen LogP contribution in [0.15, 0.2) is 36.4 Å². The van der Waals surface area contributed by atoms with Crippen LogP contribution in [-0.4, -0.2) is 5.60 Å². The molecule has 1 heterocycles. The first kappa shape index (κ1) is 16.6. The van der Waals surface area contributed by atoms with E-state index in [2.05, 4.69) is 0 Å². The van der Waals surface area contributed by atoms with Gasteiger partial charge in [0.1, 0.15) is 29.5 Å². The van der Waals surface area contributed by atoms with Crippen LogP contribution >= 0.6 is 0 Å². The van der Waals surface area contributed by atoms with Crippen LogP contribution in [0.4, 0.5) is 17.6 Å². The minimum Gasteiger partial charge on any atom is -0.488 e. The molecule has 2 aromatic carbocycles. The summed E-state index contributed by atoms with van der Waals surface area (Å²) in [5, 5.41) is 0. The average molecular weight is 340 g/mol. The van der Waals surface area contributed by atoms with E-state index in [1.807, 2.05) is 13.8 Å². The number of alkyl halides is 3. The third kappa shape index (κ3) is 3.32. The van der Waals surface area contributed by atoms with Gasteiger partial charge in [0.2, 0.25) is 0 Å². The number of para-hydroxylation sites is 1. The second-order valence-corrected chi connectivity index (χ2v) is 6.37. The number of rotatable bonds is 3. The van der Waals surface area contributed by atoms with Crippen LogP contribution in [0.1, 0.15) is 30.5 Å². The summed E-state index contributed by atoms with van der Waals surface area (Å²) >= 11 is 0. The van der Waals surface area contributed by atoms with Crippen molar-refractivity contribution in [3.05, 3.63) is 58.9 Å². The Balaban J connectivity index is 1.88. The van der Waals surface area contributed by atoms with Crippen LogP contribution < -0.4 is 9.47 Å². The molecule has 0 aliphatic carbocycles. The molecule has 3 rings (SSSR count). The van der Waals surface area contributed by atoms with Gasteiger partial charge in [-0.1, -0.05) is 12.1 Å². The fourth-order valence-electron chi connectivity index (χ4n) is 2.83. The molecule has 0 N–H and O–H groups in total. The van der Waals surface area contributed by atoms with E-state index in [1.165, 1.54) is 30.3 Å². The van der Waals surface area contributed by atoms with Crippen molar-refractivity contribution in [2.45, 2.75) is 38.7 Å². The van der Waals surface area contributed by atoms with Crippen molar-refractivity contribution in [2.24, 2.45) is 0 Å². The van der Waals surface area contributed by atoms with Crippen molar-refractivity contribution in [2.75, 3.05) is 0 Å². The highest BCUT2D eigenvalue weighted by Crippen LogP contribution is 2.40. The normalized spacial score (nSPS) is 15.8. The van der Waals surface area contributed by atoms with Gasteiger partial charge >= 0.3 is 6.18 Å². The molecular formula is C18H16F4O2. The maximum absolute atomic E-state index is 13.8. The minimum atomic E-state index is -4.51. The molecule has 0 saturated carbocycles. The van der Waals surface area contributed by atoms with Crippen LogP contribution in [0.25, 0.3) is 0 Å². The first-order chi connectivity index (χ1) is 11.2. The molecule has 0 atom stereocenters. The van der Waals surface area contributed by atoms with E-state index in [-0.39, 0.29) is 12.4 Å². The van der Waals surface area contributed by atoms with Crippen LogP contribution in [0, 0.1) is 5.82 Å². The lowest BCUT2D eigenvalue weighted by atomic mass is 10.0. The van der Waals surface area contributed by atoms with Gasteiger partial charge < -0.3 is 9.47 Å². The van der Waals surface area contributed by atoms with Crippen LogP contribution in [0.3, 0.4) is 0 Å². The summed E-state index contributed by atoms with van der Waals surface area (Å²) in [6, 6.07) is 7.56. The molecule has 1 aliphatic heterocycles. The minimum absolute atomic E-state index is 0.205. The molecule has 24 heavy (non-hydrogen) atoms.